The monoisotopic (exact) mass is 349 g/mol. The molecule has 0 radical (unpaired) electrons. The first kappa shape index (κ1) is 15.0. The van der Waals surface area contributed by atoms with Gasteiger partial charge in [0.2, 0.25) is 0 Å². The number of nitrogens with zero attached hydrogens (tertiary/aromatic N) is 1. The van der Waals surface area contributed by atoms with Crippen LogP contribution in [0.2, 0.25) is 0 Å². The number of nitro benzene ring substituents is 1. The molecular formula is C14H12BrN3O3. The fourth-order valence-electron chi connectivity index (χ4n) is 1.68. The number of nitro groups is 1. The van der Waals surface area contributed by atoms with Gasteiger partial charge in [-0.2, -0.15) is 0 Å². The van der Waals surface area contributed by atoms with Crippen LogP contribution in [0, 0.1) is 10.1 Å². The molecule has 0 atom stereocenters. The summed E-state index contributed by atoms with van der Waals surface area (Å²) in [4.78, 5) is 22.0. The molecule has 0 aliphatic carbocycles. The number of hydrogen-bond acceptors (Lipinski definition) is 3. The van der Waals surface area contributed by atoms with Gasteiger partial charge in [0.05, 0.1) is 9.40 Å². The maximum atomic E-state index is 11.7. The number of halogens is 1. The molecule has 2 amide bonds. The number of carbonyl (C=O) groups excluding carboxylic acids is 1. The van der Waals surface area contributed by atoms with E-state index < -0.39 is 11.0 Å². The fraction of sp³-hybridized carbons (Fsp3) is 0.0714. The predicted molar refractivity (Wildman–Crippen MR) is 83.1 cm³/mol. The minimum Gasteiger partial charge on any atom is -0.334 e. The van der Waals surface area contributed by atoms with Crippen LogP contribution in [0.4, 0.5) is 16.2 Å². The third-order valence-corrected chi connectivity index (χ3v) is 3.37. The van der Waals surface area contributed by atoms with Crippen LogP contribution in [0.1, 0.15) is 5.56 Å². The Bertz CT molecular complexity index is 662. The van der Waals surface area contributed by atoms with E-state index in [1.807, 2.05) is 30.3 Å². The number of urea groups is 1. The van der Waals surface area contributed by atoms with Gasteiger partial charge in [0, 0.05) is 18.3 Å². The minimum absolute atomic E-state index is 0.101. The molecule has 2 aromatic carbocycles. The lowest BCUT2D eigenvalue weighted by Gasteiger charge is -2.08. The number of carbonyl (C=O) groups is 1. The molecule has 0 aromatic heterocycles. The summed E-state index contributed by atoms with van der Waals surface area (Å²) >= 11 is 3.09. The van der Waals surface area contributed by atoms with Gasteiger partial charge in [-0.15, -0.1) is 0 Å². The van der Waals surface area contributed by atoms with Gasteiger partial charge in [0.15, 0.2) is 0 Å². The van der Waals surface area contributed by atoms with E-state index in [0.717, 1.165) is 5.56 Å². The molecule has 2 N–H and O–H groups in total. The van der Waals surface area contributed by atoms with Crippen molar-refractivity contribution in [3.05, 3.63) is 68.7 Å². The van der Waals surface area contributed by atoms with E-state index in [1.54, 1.807) is 6.07 Å². The molecule has 0 unspecified atom stereocenters. The molecule has 21 heavy (non-hydrogen) atoms. The van der Waals surface area contributed by atoms with Crippen molar-refractivity contribution in [3.63, 3.8) is 0 Å². The Morgan fingerprint density at radius 1 is 1.19 bits per heavy atom. The summed E-state index contributed by atoms with van der Waals surface area (Å²) in [6.45, 7) is 0.380. The standard InChI is InChI=1S/C14H12BrN3O3/c15-12-7-6-11(8-13(12)18(20)21)17-14(19)16-9-10-4-2-1-3-5-10/h1-8H,9H2,(H2,16,17,19). The van der Waals surface area contributed by atoms with Crippen molar-refractivity contribution in [3.8, 4) is 0 Å². The van der Waals surface area contributed by atoms with Gasteiger partial charge in [-0.25, -0.2) is 4.79 Å². The van der Waals surface area contributed by atoms with Crippen LogP contribution in [-0.4, -0.2) is 11.0 Å². The van der Waals surface area contributed by atoms with Gasteiger partial charge in [0.25, 0.3) is 5.69 Å². The zero-order chi connectivity index (χ0) is 15.2. The molecule has 0 bridgehead atoms. The highest BCUT2D eigenvalue weighted by atomic mass is 79.9. The van der Waals surface area contributed by atoms with Crippen LogP contribution >= 0.6 is 15.9 Å². The molecule has 0 spiro atoms. The molecule has 2 rings (SSSR count). The first-order valence-corrected chi connectivity index (χ1v) is 6.88. The lowest BCUT2D eigenvalue weighted by molar-refractivity contribution is -0.385. The normalized spacial score (nSPS) is 9.95. The second kappa shape index (κ2) is 6.85. The minimum atomic E-state index is -0.517. The largest absolute Gasteiger partial charge is 0.334 e. The Morgan fingerprint density at radius 3 is 2.57 bits per heavy atom. The lowest BCUT2D eigenvalue weighted by atomic mass is 10.2. The van der Waals surface area contributed by atoms with Crippen molar-refractivity contribution < 1.29 is 9.72 Å². The van der Waals surface area contributed by atoms with Crippen molar-refractivity contribution in [2.45, 2.75) is 6.54 Å². The summed E-state index contributed by atoms with van der Waals surface area (Å²) in [6.07, 6.45) is 0. The zero-order valence-electron chi connectivity index (χ0n) is 10.9. The average Bonchev–Trinajstić information content (AvgIpc) is 2.48. The Kier molecular flexibility index (Phi) is 4.89. The summed E-state index contributed by atoms with van der Waals surface area (Å²) in [7, 11) is 0. The Labute approximate surface area is 129 Å². The van der Waals surface area contributed by atoms with E-state index in [0.29, 0.717) is 16.7 Å². The van der Waals surface area contributed by atoms with E-state index in [2.05, 4.69) is 26.6 Å². The molecule has 0 saturated carbocycles. The second-order valence-electron chi connectivity index (χ2n) is 4.22. The number of benzene rings is 2. The van der Waals surface area contributed by atoms with Gasteiger partial charge in [-0.1, -0.05) is 30.3 Å². The molecule has 0 aliphatic heterocycles. The summed E-state index contributed by atoms with van der Waals surface area (Å²) in [5.74, 6) is 0. The highest BCUT2D eigenvalue weighted by molar-refractivity contribution is 9.10. The number of amides is 2. The van der Waals surface area contributed by atoms with Gasteiger partial charge >= 0.3 is 6.03 Å². The highest BCUT2D eigenvalue weighted by Crippen LogP contribution is 2.27. The fourth-order valence-corrected chi connectivity index (χ4v) is 2.08. The lowest BCUT2D eigenvalue weighted by Crippen LogP contribution is -2.28. The van der Waals surface area contributed by atoms with Crippen LogP contribution in [0.3, 0.4) is 0 Å². The quantitative estimate of drug-likeness (QED) is 0.652. The van der Waals surface area contributed by atoms with Crippen LogP contribution in [-0.2, 0) is 6.54 Å². The maximum absolute atomic E-state index is 11.7. The molecule has 0 fully saturated rings. The van der Waals surface area contributed by atoms with Gasteiger partial charge < -0.3 is 10.6 Å². The van der Waals surface area contributed by atoms with E-state index in [-0.39, 0.29) is 5.69 Å². The average molecular weight is 350 g/mol. The van der Waals surface area contributed by atoms with Crippen LogP contribution in [0.25, 0.3) is 0 Å². The summed E-state index contributed by atoms with van der Waals surface area (Å²) in [6, 6.07) is 13.4. The van der Waals surface area contributed by atoms with Crippen LogP contribution < -0.4 is 10.6 Å². The van der Waals surface area contributed by atoms with Gasteiger partial charge in [0.1, 0.15) is 0 Å². The Balaban J connectivity index is 1.97. The zero-order valence-corrected chi connectivity index (χ0v) is 12.5. The number of nitrogens with one attached hydrogen (secondary N) is 2. The number of anilines is 1. The van der Waals surface area contributed by atoms with Crippen molar-refractivity contribution in [1.29, 1.82) is 0 Å². The van der Waals surface area contributed by atoms with Crippen molar-refractivity contribution in [1.82, 2.24) is 5.32 Å². The molecule has 0 aliphatic rings. The molecule has 7 heteroatoms. The van der Waals surface area contributed by atoms with Crippen molar-refractivity contribution in [2.75, 3.05) is 5.32 Å². The molecule has 2 aromatic rings. The van der Waals surface area contributed by atoms with Crippen LogP contribution in [0.15, 0.2) is 53.0 Å². The third kappa shape index (κ3) is 4.28. The Hall–Kier alpha value is -2.41. The highest BCUT2D eigenvalue weighted by Gasteiger charge is 2.13. The van der Waals surface area contributed by atoms with E-state index in [9.17, 15) is 14.9 Å². The van der Waals surface area contributed by atoms with Gasteiger partial charge in [-0.05, 0) is 33.6 Å². The van der Waals surface area contributed by atoms with E-state index in [1.165, 1.54) is 12.1 Å². The summed E-state index contributed by atoms with van der Waals surface area (Å²) in [5, 5.41) is 16.1. The topological polar surface area (TPSA) is 84.3 Å². The van der Waals surface area contributed by atoms with E-state index >= 15 is 0 Å². The molecule has 6 nitrogen and oxygen atoms in total. The van der Waals surface area contributed by atoms with Gasteiger partial charge in [-0.3, -0.25) is 10.1 Å². The summed E-state index contributed by atoms with van der Waals surface area (Å²) in [5.41, 5.74) is 1.22. The SMILES string of the molecule is O=C(NCc1ccccc1)Nc1ccc(Br)c([N+](=O)[O-])c1. The van der Waals surface area contributed by atoms with Crippen molar-refractivity contribution in [2.24, 2.45) is 0 Å². The summed E-state index contributed by atoms with van der Waals surface area (Å²) < 4.78 is 0.364. The van der Waals surface area contributed by atoms with Crippen molar-refractivity contribution >= 4 is 33.3 Å². The molecule has 0 heterocycles. The number of rotatable bonds is 4. The first-order valence-electron chi connectivity index (χ1n) is 6.09. The third-order valence-electron chi connectivity index (χ3n) is 2.70. The molecule has 108 valence electrons. The van der Waals surface area contributed by atoms with Crippen LogP contribution in [0.5, 0.6) is 0 Å². The molecule has 0 saturated heterocycles. The molecular weight excluding hydrogens is 338 g/mol. The predicted octanol–water partition coefficient (Wildman–Crippen LogP) is 3.68. The Morgan fingerprint density at radius 2 is 1.90 bits per heavy atom. The maximum Gasteiger partial charge on any atom is 0.319 e. The smallest absolute Gasteiger partial charge is 0.319 e. The first-order chi connectivity index (χ1) is 10.1. The second-order valence-corrected chi connectivity index (χ2v) is 5.07. The van der Waals surface area contributed by atoms with E-state index in [4.69, 9.17) is 0 Å². The number of hydrogen-bond donors (Lipinski definition) is 2.